The third-order valence-electron chi connectivity index (χ3n) is 2.03. The summed E-state index contributed by atoms with van der Waals surface area (Å²) in [5, 5.41) is 0. The van der Waals surface area contributed by atoms with Gasteiger partial charge >= 0.3 is 0 Å². The summed E-state index contributed by atoms with van der Waals surface area (Å²) >= 11 is 0. The van der Waals surface area contributed by atoms with E-state index in [2.05, 4.69) is 36.4 Å². The maximum absolute atomic E-state index is 5.44. The molecule has 1 rings (SSSR count). The van der Waals surface area contributed by atoms with Crippen molar-refractivity contribution in [3.63, 3.8) is 0 Å². The molecule has 12 heavy (non-hydrogen) atoms. The molecular weight excluding hydrogens is 148 g/mol. The molecule has 0 aromatic carbocycles. The topological polar surface area (TPSA) is 29.3 Å². The zero-order valence-electron chi connectivity index (χ0n) is 7.74. The van der Waals surface area contributed by atoms with Gasteiger partial charge in [0.2, 0.25) is 0 Å². The monoisotopic (exact) mass is 166 g/mol. The van der Waals surface area contributed by atoms with Crippen LogP contribution in [-0.4, -0.2) is 18.0 Å². The Kier molecular flexibility index (Phi) is 3.88. The quantitative estimate of drug-likeness (QED) is 0.691. The summed E-state index contributed by atoms with van der Waals surface area (Å²) in [4.78, 5) is 2.20. The second kappa shape index (κ2) is 4.99. The van der Waals surface area contributed by atoms with Gasteiger partial charge in [-0.3, -0.25) is 0 Å². The molecule has 1 aliphatic rings. The van der Waals surface area contributed by atoms with Crippen molar-refractivity contribution < 1.29 is 0 Å². The fourth-order valence-corrected chi connectivity index (χ4v) is 1.22. The molecule has 1 unspecified atom stereocenters. The van der Waals surface area contributed by atoms with Gasteiger partial charge in [-0.25, -0.2) is 0 Å². The van der Waals surface area contributed by atoms with E-state index in [0.29, 0.717) is 5.92 Å². The number of nitrogens with zero attached hydrogens (tertiary/aromatic N) is 1. The van der Waals surface area contributed by atoms with Crippen molar-refractivity contribution in [2.24, 2.45) is 11.7 Å². The third kappa shape index (κ3) is 3.09. The normalized spacial score (nSPS) is 22.8. The number of rotatable bonds is 3. The second-order valence-corrected chi connectivity index (χ2v) is 3.32. The molecule has 0 aliphatic carbocycles. The average Bonchev–Trinajstić information content (AvgIpc) is 2.27. The standard InChI is InChI=1S/C10H18N2/c1-10-4-2-7-12(9-5-10)8-3-6-11/h2,5,7,9-10H,3-4,6,8,11H2,1H3. The Balaban J connectivity index is 2.38. The van der Waals surface area contributed by atoms with E-state index in [1.807, 2.05) is 0 Å². The van der Waals surface area contributed by atoms with Crippen LogP contribution in [0.3, 0.4) is 0 Å². The molecule has 0 amide bonds. The summed E-state index contributed by atoms with van der Waals surface area (Å²) in [5.74, 6) is 0.670. The lowest BCUT2D eigenvalue weighted by Crippen LogP contribution is -2.14. The van der Waals surface area contributed by atoms with Gasteiger partial charge in [-0.05, 0) is 37.7 Å². The highest BCUT2D eigenvalue weighted by molar-refractivity contribution is 5.00. The predicted octanol–water partition coefficient (Wildman–Crippen LogP) is 1.70. The van der Waals surface area contributed by atoms with Gasteiger partial charge in [0.25, 0.3) is 0 Å². The summed E-state index contributed by atoms with van der Waals surface area (Å²) in [5.41, 5.74) is 5.44. The maximum atomic E-state index is 5.44. The van der Waals surface area contributed by atoms with Crippen LogP contribution in [0.5, 0.6) is 0 Å². The van der Waals surface area contributed by atoms with Crippen molar-refractivity contribution in [1.82, 2.24) is 4.90 Å². The predicted molar refractivity (Wildman–Crippen MR) is 52.4 cm³/mol. The summed E-state index contributed by atoms with van der Waals surface area (Å²) < 4.78 is 0. The SMILES string of the molecule is CC1C=CN(CCCN)C=CC1. The Morgan fingerprint density at radius 1 is 1.50 bits per heavy atom. The molecule has 0 saturated heterocycles. The van der Waals surface area contributed by atoms with Crippen molar-refractivity contribution in [2.75, 3.05) is 13.1 Å². The molecule has 0 radical (unpaired) electrons. The molecule has 1 atom stereocenters. The molecule has 2 heteroatoms. The minimum atomic E-state index is 0.670. The number of hydrogen-bond acceptors (Lipinski definition) is 2. The van der Waals surface area contributed by atoms with E-state index < -0.39 is 0 Å². The Bertz CT molecular complexity index is 173. The van der Waals surface area contributed by atoms with E-state index >= 15 is 0 Å². The highest BCUT2D eigenvalue weighted by Gasteiger charge is 2.00. The molecule has 0 aromatic heterocycles. The molecule has 0 aromatic rings. The minimum absolute atomic E-state index is 0.670. The van der Waals surface area contributed by atoms with Crippen LogP contribution in [-0.2, 0) is 0 Å². The van der Waals surface area contributed by atoms with Crippen LogP contribution < -0.4 is 5.73 Å². The van der Waals surface area contributed by atoms with E-state index in [1.54, 1.807) is 0 Å². The molecule has 68 valence electrons. The molecular formula is C10H18N2. The van der Waals surface area contributed by atoms with E-state index in [4.69, 9.17) is 5.73 Å². The van der Waals surface area contributed by atoms with Gasteiger partial charge in [0, 0.05) is 6.54 Å². The van der Waals surface area contributed by atoms with Gasteiger partial charge in [-0.1, -0.05) is 19.1 Å². The summed E-state index contributed by atoms with van der Waals surface area (Å²) in [6.07, 6.45) is 11.0. The van der Waals surface area contributed by atoms with Crippen molar-refractivity contribution >= 4 is 0 Å². The largest absolute Gasteiger partial charge is 0.355 e. The van der Waals surface area contributed by atoms with Gasteiger partial charge < -0.3 is 10.6 Å². The first-order valence-corrected chi connectivity index (χ1v) is 4.63. The van der Waals surface area contributed by atoms with E-state index in [1.165, 1.54) is 0 Å². The first-order chi connectivity index (χ1) is 5.83. The molecule has 0 spiro atoms. The maximum Gasteiger partial charge on any atom is 0.0231 e. The Labute approximate surface area is 74.7 Å². The van der Waals surface area contributed by atoms with Crippen LogP contribution >= 0.6 is 0 Å². The average molecular weight is 166 g/mol. The second-order valence-electron chi connectivity index (χ2n) is 3.32. The van der Waals surface area contributed by atoms with Crippen molar-refractivity contribution in [1.29, 1.82) is 0 Å². The Morgan fingerprint density at radius 2 is 2.33 bits per heavy atom. The van der Waals surface area contributed by atoms with Crippen LogP contribution in [0.2, 0.25) is 0 Å². The van der Waals surface area contributed by atoms with Crippen molar-refractivity contribution in [3.8, 4) is 0 Å². The molecule has 0 fully saturated rings. The smallest absolute Gasteiger partial charge is 0.0231 e. The Morgan fingerprint density at radius 3 is 3.08 bits per heavy atom. The highest BCUT2D eigenvalue weighted by atomic mass is 15.1. The number of allylic oxidation sites excluding steroid dienone is 2. The lowest BCUT2D eigenvalue weighted by molar-refractivity contribution is 0.492. The minimum Gasteiger partial charge on any atom is -0.355 e. The van der Waals surface area contributed by atoms with Gasteiger partial charge in [0.1, 0.15) is 0 Å². The van der Waals surface area contributed by atoms with Crippen molar-refractivity contribution in [2.45, 2.75) is 19.8 Å². The lowest BCUT2D eigenvalue weighted by Gasteiger charge is -2.13. The molecule has 0 saturated carbocycles. The Hall–Kier alpha value is -0.760. The van der Waals surface area contributed by atoms with Gasteiger partial charge in [-0.15, -0.1) is 0 Å². The fourth-order valence-electron chi connectivity index (χ4n) is 1.22. The van der Waals surface area contributed by atoms with Gasteiger partial charge in [0.05, 0.1) is 0 Å². The van der Waals surface area contributed by atoms with Crippen LogP contribution in [0.25, 0.3) is 0 Å². The van der Waals surface area contributed by atoms with Crippen LogP contribution in [0.15, 0.2) is 24.6 Å². The van der Waals surface area contributed by atoms with Crippen LogP contribution in [0.1, 0.15) is 19.8 Å². The van der Waals surface area contributed by atoms with Crippen LogP contribution in [0, 0.1) is 5.92 Å². The number of hydrogen-bond donors (Lipinski definition) is 1. The highest BCUT2D eigenvalue weighted by Crippen LogP contribution is 2.10. The third-order valence-corrected chi connectivity index (χ3v) is 2.03. The molecule has 0 bridgehead atoms. The van der Waals surface area contributed by atoms with Crippen molar-refractivity contribution in [3.05, 3.63) is 24.6 Å². The summed E-state index contributed by atoms with van der Waals surface area (Å²) in [7, 11) is 0. The molecule has 1 heterocycles. The zero-order valence-corrected chi connectivity index (χ0v) is 7.74. The van der Waals surface area contributed by atoms with Gasteiger partial charge in [-0.2, -0.15) is 0 Å². The molecule has 1 aliphatic heterocycles. The summed E-state index contributed by atoms with van der Waals surface area (Å²) in [6, 6.07) is 0. The summed E-state index contributed by atoms with van der Waals surface area (Å²) in [6.45, 7) is 4.04. The molecule has 2 N–H and O–H groups in total. The fraction of sp³-hybridized carbons (Fsp3) is 0.600. The van der Waals surface area contributed by atoms with Crippen LogP contribution in [0.4, 0.5) is 0 Å². The van der Waals surface area contributed by atoms with E-state index in [0.717, 1.165) is 25.9 Å². The van der Waals surface area contributed by atoms with Gasteiger partial charge in [0.15, 0.2) is 0 Å². The molecule has 2 nitrogen and oxygen atoms in total. The number of nitrogens with two attached hydrogens (primary N) is 1. The van der Waals surface area contributed by atoms with E-state index in [9.17, 15) is 0 Å². The lowest BCUT2D eigenvalue weighted by atomic mass is 10.1. The first-order valence-electron chi connectivity index (χ1n) is 4.63. The first kappa shape index (κ1) is 9.33. The zero-order chi connectivity index (χ0) is 8.81. The van der Waals surface area contributed by atoms with E-state index in [-0.39, 0.29) is 0 Å².